The van der Waals surface area contributed by atoms with Gasteiger partial charge in [-0.3, -0.25) is 9.59 Å². The zero-order chi connectivity index (χ0) is 18.4. The van der Waals surface area contributed by atoms with E-state index in [0.717, 1.165) is 11.1 Å². The second kappa shape index (κ2) is 8.58. The SMILES string of the molecule is CCSC(=O)c1ccc(OCCNC(=O)c2cc3ccccc3o2)cc1. The predicted molar refractivity (Wildman–Crippen MR) is 103 cm³/mol. The van der Waals surface area contributed by atoms with E-state index in [1.54, 1.807) is 30.3 Å². The van der Waals surface area contributed by atoms with Crippen LogP contribution in [0, 0.1) is 0 Å². The molecule has 6 heteroatoms. The lowest BCUT2D eigenvalue weighted by Gasteiger charge is -2.07. The molecule has 134 valence electrons. The van der Waals surface area contributed by atoms with Crippen LogP contribution in [0.25, 0.3) is 11.0 Å². The molecule has 5 nitrogen and oxygen atoms in total. The van der Waals surface area contributed by atoms with Crippen LogP contribution in [0.5, 0.6) is 5.75 Å². The Hall–Kier alpha value is -2.73. The number of carbonyl (C=O) groups is 2. The van der Waals surface area contributed by atoms with Gasteiger partial charge >= 0.3 is 0 Å². The van der Waals surface area contributed by atoms with E-state index < -0.39 is 0 Å². The van der Waals surface area contributed by atoms with Crippen LogP contribution in [0.4, 0.5) is 0 Å². The van der Waals surface area contributed by atoms with Gasteiger partial charge in [0.15, 0.2) is 5.76 Å². The third kappa shape index (κ3) is 4.46. The molecule has 0 bridgehead atoms. The second-order valence-corrected chi connectivity index (χ2v) is 6.73. The summed E-state index contributed by atoms with van der Waals surface area (Å²) in [5.41, 5.74) is 1.34. The van der Waals surface area contributed by atoms with Gasteiger partial charge in [-0.05, 0) is 42.2 Å². The maximum atomic E-state index is 12.1. The summed E-state index contributed by atoms with van der Waals surface area (Å²) >= 11 is 1.28. The number of benzene rings is 2. The fourth-order valence-electron chi connectivity index (χ4n) is 2.42. The molecule has 1 aromatic heterocycles. The lowest BCUT2D eigenvalue weighted by molar-refractivity contribution is 0.0921. The van der Waals surface area contributed by atoms with Gasteiger partial charge in [-0.2, -0.15) is 0 Å². The highest BCUT2D eigenvalue weighted by atomic mass is 32.2. The molecule has 0 unspecified atom stereocenters. The number of hydrogen-bond donors (Lipinski definition) is 1. The Morgan fingerprint density at radius 2 is 1.88 bits per heavy atom. The van der Waals surface area contributed by atoms with Gasteiger partial charge in [0.1, 0.15) is 17.9 Å². The monoisotopic (exact) mass is 369 g/mol. The molecule has 0 fully saturated rings. The number of nitrogens with one attached hydrogen (secondary N) is 1. The smallest absolute Gasteiger partial charge is 0.287 e. The topological polar surface area (TPSA) is 68.5 Å². The molecule has 0 radical (unpaired) electrons. The molecule has 0 atom stereocenters. The number of furan rings is 1. The minimum Gasteiger partial charge on any atom is -0.492 e. The summed E-state index contributed by atoms with van der Waals surface area (Å²) in [6.07, 6.45) is 0. The normalized spacial score (nSPS) is 10.7. The molecular formula is C20H19NO4S. The van der Waals surface area contributed by atoms with Gasteiger partial charge in [0.05, 0.1) is 6.54 Å². The van der Waals surface area contributed by atoms with Crippen LogP contribution in [-0.2, 0) is 0 Å². The number of hydrogen-bond acceptors (Lipinski definition) is 5. The Morgan fingerprint density at radius 1 is 1.12 bits per heavy atom. The van der Waals surface area contributed by atoms with Crippen molar-refractivity contribution in [1.82, 2.24) is 5.32 Å². The summed E-state index contributed by atoms with van der Waals surface area (Å²) in [6, 6.07) is 16.2. The molecule has 2 aromatic carbocycles. The van der Waals surface area contributed by atoms with Crippen molar-refractivity contribution in [2.45, 2.75) is 6.92 Å². The van der Waals surface area contributed by atoms with Crippen molar-refractivity contribution in [3.05, 3.63) is 65.9 Å². The maximum Gasteiger partial charge on any atom is 0.287 e. The van der Waals surface area contributed by atoms with Gasteiger partial charge < -0.3 is 14.5 Å². The van der Waals surface area contributed by atoms with E-state index in [9.17, 15) is 9.59 Å². The fourth-order valence-corrected chi connectivity index (χ4v) is 2.98. The summed E-state index contributed by atoms with van der Waals surface area (Å²) in [6.45, 7) is 2.62. The first-order valence-electron chi connectivity index (χ1n) is 8.34. The molecule has 1 heterocycles. The minimum atomic E-state index is -0.276. The van der Waals surface area contributed by atoms with Gasteiger partial charge in [0.25, 0.3) is 5.91 Å². The second-order valence-electron chi connectivity index (χ2n) is 5.50. The van der Waals surface area contributed by atoms with Crippen molar-refractivity contribution < 1.29 is 18.7 Å². The largest absolute Gasteiger partial charge is 0.492 e. The van der Waals surface area contributed by atoms with Gasteiger partial charge in [-0.15, -0.1) is 0 Å². The number of carbonyl (C=O) groups excluding carboxylic acids is 2. The van der Waals surface area contributed by atoms with Crippen LogP contribution in [0.2, 0.25) is 0 Å². The van der Waals surface area contributed by atoms with Crippen molar-refractivity contribution in [3.8, 4) is 5.75 Å². The zero-order valence-electron chi connectivity index (χ0n) is 14.4. The van der Waals surface area contributed by atoms with E-state index in [0.29, 0.717) is 30.0 Å². The van der Waals surface area contributed by atoms with Crippen molar-refractivity contribution in [3.63, 3.8) is 0 Å². The van der Waals surface area contributed by atoms with Gasteiger partial charge in [0.2, 0.25) is 5.12 Å². The van der Waals surface area contributed by atoms with Crippen LogP contribution in [-0.4, -0.2) is 29.9 Å². The molecule has 0 saturated heterocycles. The Balaban J connectivity index is 1.46. The lowest BCUT2D eigenvalue weighted by atomic mass is 10.2. The summed E-state index contributed by atoms with van der Waals surface area (Å²) in [4.78, 5) is 23.9. The van der Waals surface area contributed by atoms with Crippen LogP contribution in [0.15, 0.2) is 59.0 Å². The van der Waals surface area contributed by atoms with Crippen LogP contribution in [0.1, 0.15) is 27.8 Å². The number of amides is 1. The standard InChI is InChI=1S/C20H19NO4S/c1-2-26-20(23)14-7-9-16(10-8-14)24-12-11-21-19(22)18-13-15-5-3-4-6-17(15)25-18/h3-10,13H,2,11-12H2,1H3,(H,21,22). The molecule has 0 aliphatic rings. The van der Waals surface area contributed by atoms with Gasteiger partial charge in [0, 0.05) is 10.9 Å². The molecule has 0 spiro atoms. The summed E-state index contributed by atoms with van der Waals surface area (Å²) in [5, 5.41) is 3.71. The number of para-hydroxylation sites is 1. The third-order valence-electron chi connectivity index (χ3n) is 3.67. The van der Waals surface area contributed by atoms with E-state index in [-0.39, 0.29) is 16.8 Å². The summed E-state index contributed by atoms with van der Waals surface area (Å²) in [7, 11) is 0. The number of ether oxygens (including phenoxy) is 1. The Morgan fingerprint density at radius 3 is 2.62 bits per heavy atom. The Kier molecular flexibility index (Phi) is 5.96. The zero-order valence-corrected chi connectivity index (χ0v) is 15.2. The fraction of sp³-hybridized carbons (Fsp3) is 0.200. The van der Waals surface area contributed by atoms with Crippen molar-refractivity contribution in [2.24, 2.45) is 0 Å². The first kappa shape index (κ1) is 18.1. The van der Waals surface area contributed by atoms with E-state index in [2.05, 4.69) is 5.32 Å². The molecule has 1 amide bonds. The highest BCUT2D eigenvalue weighted by Crippen LogP contribution is 2.19. The predicted octanol–water partition coefficient (Wildman–Crippen LogP) is 4.13. The average Bonchev–Trinajstić information content (AvgIpc) is 3.10. The van der Waals surface area contributed by atoms with Gasteiger partial charge in [-0.25, -0.2) is 0 Å². The van der Waals surface area contributed by atoms with Gasteiger partial charge in [-0.1, -0.05) is 36.9 Å². The van der Waals surface area contributed by atoms with Crippen LogP contribution >= 0.6 is 11.8 Å². The lowest BCUT2D eigenvalue weighted by Crippen LogP contribution is -2.27. The van der Waals surface area contributed by atoms with E-state index >= 15 is 0 Å². The quantitative estimate of drug-likeness (QED) is 0.634. The highest BCUT2D eigenvalue weighted by molar-refractivity contribution is 8.14. The molecule has 3 rings (SSSR count). The van der Waals surface area contributed by atoms with Crippen molar-refractivity contribution >= 4 is 33.8 Å². The average molecular weight is 369 g/mol. The Bertz CT molecular complexity index is 869. The van der Waals surface area contributed by atoms with E-state index in [1.165, 1.54) is 11.8 Å². The molecule has 0 aliphatic carbocycles. The molecule has 3 aromatic rings. The number of fused-ring (bicyclic) bond motifs is 1. The first-order valence-corrected chi connectivity index (χ1v) is 9.32. The van der Waals surface area contributed by atoms with E-state index in [1.807, 2.05) is 31.2 Å². The molecule has 1 N–H and O–H groups in total. The molecular weight excluding hydrogens is 350 g/mol. The Labute approximate surface area is 155 Å². The maximum absolute atomic E-state index is 12.1. The van der Waals surface area contributed by atoms with Crippen molar-refractivity contribution in [2.75, 3.05) is 18.9 Å². The number of thioether (sulfide) groups is 1. The number of rotatable bonds is 7. The summed E-state index contributed by atoms with van der Waals surface area (Å²) in [5.74, 6) is 1.41. The molecule has 26 heavy (non-hydrogen) atoms. The molecule has 0 aliphatic heterocycles. The van der Waals surface area contributed by atoms with E-state index in [4.69, 9.17) is 9.15 Å². The van der Waals surface area contributed by atoms with Crippen LogP contribution in [0.3, 0.4) is 0 Å². The third-order valence-corrected chi connectivity index (χ3v) is 4.46. The van der Waals surface area contributed by atoms with Crippen molar-refractivity contribution in [1.29, 1.82) is 0 Å². The molecule has 0 saturated carbocycles. The summed E-state index contributed by atoms with van der Waals surface area (Å²) < 4.78 is 11.1. The first-order chi connectivity index (χ1) is 12.7. The van der Waals surface area contributed by atoms with Crippen LogP contribution < -0.4 is 10.1 Å². The minimum absolute atomic E-state index is 0.0529. The highest BCUT2D eigenvalue weighted by Gasteiger charge is 2.11.